The number of Topliss-reactive ketones (excluding diaryl/α,β-unsaturated/α-hetero) is 1. The van der Waals surface area contributed by atoms with Crippen LogP contribution in [0.25, 0.3) is 11.4 Å². The number of carbonyl (C=O) groups excluding carboxylic acids is 1. The maximum atomic E-state index is 12.6. The van der Waals surface area contributed by atoms with Gasteiger partial charge in [-0.05, 0) is 54.5 Å². The van der Waals surface area contributed by atoms with Crippen LogP contribution in [0.5, 0.6) is 0 Å². The second-order valence-electron chi connectivity index (χ2n) is 6.45. The van der Waals surface area contributed by atoms with Crippen LogP contribution in [0.15, 0.2) is 53.4 Å². The van der Waals surface area contributed by atoms with Crippen molar-refractivity contribution in [2.24, 2.45) is 0 Å². The fraction of sp³-hybridized carbons (Fsp3) is 0.222. The van der Waals surface area contributed by atoms with Crippen LogP contribution in [-0.2, 0) is 10.0 Å². The highest BCUT2D eigenvalue weighted by Gasteiger charge is 2.28. The maximum absolute atomic E-state index is 12.6. The van der Waals surface area contributed by atoms with E-state index in [9.17, 15) is 13.2 Å². The third kappa shape index (κ3) is 3.59. The number of hydrogen-bond acceptors (Lipinski definition) is 6. The number of nitrogens with zero attached hydrogens (tertiary/aromatic N) is 4. The molecular formula is C18H17N5O3S. The van der Waals surface area contributed by atoms with Crippen molar-refractivity contribution in [1.29, 1.82) is 0 Å². The fourth-order valence-corrected chi connectivity index (χ4v) is 3.80. The molecule has 0 amide bonds. The second kappa shape index (κ2) is 6.58. The van der Waals surface area contributed by atoms with Gasteiger partial charge in [0.15, 0.2) is 11.6 Å². The lowest BCUT2D eigenvalue weighted by Crippen LogP contribution is -2.13. The lowest BCUT2D eigenvalue weighted by Gasteiger charge is -2.10. The standard InChI is InChI=1S/C18H17N5O3S/c1-12(24)13-5-9-17(10-6-13)27(25,26)20-15-4-2-3-14(11-15)18-19-21-22-23(18)16-7-8-16/h2-6,9-11,16,20H,7-8H2,1H3. The Hall–Kier alpha value is -3.07. The fourth-order valence-electron chi connectivity index (χ4n) is 2.75. The zero-order valence-corrected chi connectivity index (χ0v) is 15.3. The summed E-state index contributed by atoms with van der Waals surface area (Å²) in [6, 6.07) is 13.1. The molecule has 138 valence electrons. The van der Waals surface area contributed by atoms with Crippen molar-refractivity contribution in [3.05, 3.63) is 54.1 Å². The van der Waals surface area contributed by atoms with Crippen LogP contribution in [0.1, 0.15) is 36.2 Å². The molecule has 3 aromatic rings. The molecule has 27 heavy (non-hydrogen) atoms. The van der Waals surface area contributed by atoms with Gasteiger partial charge in [-0.1, -0.05) is 24.3 Å². The van der Waals surface area contributed by atoms with Gasteiger partial charge in [-0.25, -0.2) is 13.1 Å². The first-order valence-corrected chi connectivity index (χ1v) is 9.94. The van der Waals surface area contributed by atoms with Gasteiger partial charge in [0.1, 0.15) is 0 Å². The first-order chi connectivity index (χ1) is 12.9. The Labute approximate surface area is 156 Å². The Morgan fingerprint density at radius 1 is 1.15 bits per heavy atom. The van der Waals surface area contributed by atoms with Crippen LogP contribution in [0, 0.1) is 0 Å². The molecule has 0 aliphatic heterocycles. The highest BCUT2D eigenvalue weighted by Crippen LogP contribution is 2.36. The predicted molar refractivity (Wildman–Crippen MR) is 98.8 cm³/mol. The molecule has 0 spiro atoms. The molecule has 0 atom stereocenters. The molecule has 0 bridgehead atoms. The average molecular weight is 383 g/mol. The number of sulfonamides is 1. The predicted octanol–water partition coefficient (Wildman–Crippen LogP) is 2.68. The summed E-state index contributed by atoms with van der Waals surface area (Å²) >= 11 is 0. The zero-order valence-electron chi connectivity index (χ0n) is 14.5. The van der Waals surface area contributed by atoms with E-state index in [0.717, 1.165) is 18.4 Å². The average Bonchev–Trinajstić information content (AvgIpc) is 3.38. The smallest absolute Gasteiger partial charge is 0.261 e. The molecule has 0 unspecified atom stereocenters. The summed E-state index contributed by atoms with van der Waals surface area (Å²) in [5, 5.41) is 11.8. The van der Waals surface area contributed by atoms with Crippen LogP contribution < -0.4 is 4.72 Å². The van der Waals surface area contributed by atoms with Crippen molar-refractivity contribution in [3.63, 3.8) is 0 Å². The van der Waals surface area contributed by atoms with Gasteiger partial charge in [-0.3, -0.25) is 9.52 Å². The number of nitrogens with one attached hydrogen (secondary N) is 1. The highest BCUT2D eigenvalue weighted by atomic mass is 32.2. The maximum Gasteiger partial charge on any atom is 0.261 e. The van der Waals surface area contributed by atoms with Crippen molar-refractivity contribution in [2.75, 3.05) is 4.72 Å². The Kier molecular flexibility index (Phi) is 4.23. The third-order valence-corrected chi connectivity index (χ3v) is 5.73. The van der Waals surface area contributed by atoms with Crippen LogP contribution in [-0.4, -0.2) is 34.4 Å². The molecule has 8 nitrogen and oxygen atoms in total. The minimum Gasteiger partial charge on any atom is -0.295 e. The van der Waals surface area contributed by atoms with Crippen molar-refractivity contribution in [3.8, 4) is 11.4 Å². The van der Waals surface area contributed by atoms with Crippen LogP contribution in [0.2, 0.25) is 0 Å². The summed E-state index contributed by atoms with van der Waals surface area (Å²) in [6.45, 7) is 1.43. The van der Waals surface area contributed by atoms with Gasteiger partial charge in [0.25, 0.3) is 10.0 Å². The zero-order chi connectivity index (χ0) is 19.0. The van der Waals surface area contributed by atoms with Gasteiger partial charge in [-0.15, -0.1) is 5.10 Å². The minimum absolute atomic E-state index is 0.0840. The summed E-state index contributed by atoms with van der Waals surface area (Å²) in [4.78, 5) is 11.4. The summed E-state index contributed by atoms with van der Waals surface area (Å²) < 4.78 is 29.6. The van der Waals surface area contributed by atoms with E-state index in [1.807, 2.05) is 6.07 Å². The van der Waals surface area contributed by atoms with Gasteiger partial charge < -0.3 is 0 Å². The molecule has 1 aliphatic carbocycles. The molecule has 0 saturated heterocycles. The molecule has 1 saturated carbocycles. The molecule has 1 fully saturated rings. The van der Waals surface area contributed by atoms with E-state index in [4.69, 9.17) is 0 Å². The van der Waals surface area contributed by atoms with E-state index in [0.29, 0.717) is 23.1 Å². The second-order valence-corrected chi connectivity index (χ2v) is 8.13. The molecule has 1 N–H and O–H groups in total. The number of tetrazole rings is 1. The van der Waals surface area contributed by atoms with E-state index in [1.165, 1.54) is 31.2 Å². The lowest BCUT2D eigenvalue weighted by atomic mass is 10.2. The third-order valence-electron chi connectivity index (χ3n) is 4.33. The van der Waals surface area contributed by atoms with Crippen molar-refractivity contribution >= 4 is 21.5 Å². The molecule has 9 heteroatoms. The van der Waals surface area contributed by atoms with Crippen molar-refractivity contribution in [1.82, 2.24) is 20.2 Å². The first-order valence-electron chi connectivity index (χ1n) is 8.46. The van der Waals surface area contributed by atoms with E-state index in [-0.39, 0.29) is 10.7 Å². The van der Waals surface area contributed by atoms with Crippen molar-refractivity contribution < 1.29 is 13.2 Å². The molecular weight excluding hydrogens is 366 g/mol. The highest BCUT2D eigenvalue weighted by molar-refractivity contribution is 7.92. The number of anilines is 1. The molecule has 2 aromatic carbocycles. The van der Waals surface area contributed by atoms with Gasteiger partial charge in [0.2, 0.25) is 0 Å². The van der Waals surface area contributed by atoms with Gasteiger partial charge in [0.05, 0.1) is 10.9 Å². The lowest BCUT2D eigenvalue weighted by molar-refractivity contribution is 0.101. The minimum atomic E-state index is -3.78. The quantitative estimate of drug-likeness (QED) is 0.656. The number of hydrogen-bond donors (Lipinski definition) is 1. The number of benzene rings is 2. The topological polar surface area (TPSA) is 107 Å². The summed E-state index contributed by atoms with van der Waals surface area (Å²) in [6.07, 6.45) is 2.08. The Morgan fingerprint density at radius 2 is 1.89 bits per heavy atom. The van der Waals surface area contributed by atoms with Gasteiger partial charge in [0, 0.05) is 16.8 Å². The van der Waals surface area contributed by atoms with Crippen LogP contribution >= 0.6 is 0 Å². The molecule has 1 aromatic heterocycles. The first kappa shape index (κ1) is 17.3. The Morgan fingerprint density at radius 3 is 2.56 bits per heavy atom. The Balaban J connectivity index is 1.60. The SMILES string of the molecule is CC(=O)c1ccc(S(=O)(=O)Nc2cccc(-c3nnnn3C3CC3)c2)cc1. The largest absolute Gasteiger partial charge is 0.295 e. The normalized spacial score (nSPS) is 14.1. The van der Waals surface area contributed by atoms with Crippen molar-refractivity contribution in [2.45, 2.75) is 30.7 Å². The van der Waals surface area contributed by atoms with E-state index >= 15 is 0 Å². The summed E-state index contributed by atoms with van der Waals surface area (Å²) in [5.41, 5.74) is 1.61. The number of ketones is 1. The van der Waals surface area contributed by atoms with Gasteiger partial charge in [-0.2, -0.15) is 0 Å². The summed E-state index contributed by atoms with van der Waals surface area (Å²) in [7, 11) is -3.78. The summed E-state index contributed by atoms with van der Waals surface area (Å²) in [5.74, 6) is 0.498. The van der Waals surface area contributed by atoms with Crippen LogP contribution in [0.3, 0.4) is 0 Å². The van der Waals surface area contributed by atoms with E-state index < -0.39 is 10.0 Å². The number of carbonyl (C=O) groups is 1. The molecule has 1 aliphatic rings. The number of rotatable bonds is 6. The molecule has 4 rings (SSSR count). The molecule has 0 radical (unpaired) electrons. The Bertz CT molecular complexity index is 1100. The monoisotopic (exact) mass is 383 g/mol. The number of aromatic nitrogens is 4. The van der Waals surface area contributed by atoms with Crippen LogP contribution in [0.4, 0.5) is 5.69 Å². The molecule has 1 heterocycles. The van der Waals surface area contributed by atoms with Gasteiger partial charge >= 0.3 is 0 Å². The van der Waals surface area contributed by atoms with E-state index in [2.05, 4.69) is 20.2 Å². The van der Waals surface area contributed by atoms with E-state index in [1.54, 1.807) is 22.9 Å².